The van der Waals surface area contributed by atoms with Gasteiger partial charge in [-0.05, 0) is 19.4 Å². The lowest BCUT2D eigenvalue weighted by Gasteiger charge is -2.19. The van der Waals surface area contributed by atoms with Gasteiger partial charge in [0, 0.05) is 20.2 Å². The molecule has 0 aromatic carbocycles. The number of carbonyl (C=O) groups is 1. The molecule has 1 rings (SSSR count). The molecule has 0 saturated carbocycles. The van der Waals surface area contributed by atoms with Crippen molar-refractivity contribution < 1.29 is 9.72 Å². The lowest BCUT2D eigenvalue weighted by Crippen LogP contribution is -2.37. The normalized spacial score (nSPS) is 11.8. The van der Waals surface area contributed by atoms with Crippen molar-refractivity contribution in [3.63, 3.8) is 0 Å². The van der Waals surface area contributed by atoms with E-state index >= 15 is 0 Å². The number of likely N-dealkylation sites (N-methyl/N-ethyl adjacent to an activating group) is 1. The van der Waals surface area contributed by atoms with Crippen LogP contribution in [0.25, 0.3) is 0 Å². The first-order valence-corrected chi connectivity index (χ1v) is 5.41. The van der Waals surface area contributed by atoms with Gasteiger partial charge in [-0.3, -0.25) is 14.9 Å². The topological polar surface area (TPSA) is 88.4 Å². The van der Waals surface area contributed by atoms with Crippen molar-refractivity contribution in [3.8, 4) is 0 Å². The van der Waals surface area contributed by atoms with E-state index in [0.717, 1.165) is 0 Å². The summed E-state index contributed by atoms with van der Waals surface area (Å²) in [6.45, 7) is 3.42. The number of carbonyl (C=O) groups excluding carboxylic acids is 1. The number of nitrogens with one attached hydrogen (secondary N) is 1. The molecule has 98 valence electrons. The summed E-state index contributed by atoms with van der Waals surface area (Å²) in [5.74, 6) is 0.387. The van der Waals surface area contributed by atoms with Gasteiger partial charge in [0.15, 0.2) is 0 Å². The van der Waals surface area contributed by atoms with Crippen LogP contribution in [0.3, 0.4) is 0 Å². The second-order valence-electron chi connectivity index (χ2n) is 4.21. The van der Waals surface area contributed by atoms with Crippen LogP contribution in [0.2, 0.25) is 0 Å². The molecule has 0 aliphatic carbocycles. The van der Waals surface area contributed by atoms with E-state index in [-0.39, 0.29) is 11.6 Å². The summed E-state index contributed by atoms with van der Waals surface area (Å²) in [5, 5.41) is 13.5. The zero-order chi connectivity index (χ0) is 13.9. The maximum Gasteiger partial charge on any atom is 0.287 e. The smallest absolute Gasteiger partial charge is 0.287 e. The van der Waals surface area contributed by atoms with Crippen molar-refractivity contribution in [2.45, 2.75) is 19.9 Å². The summed E-state index contributed by atoms with van der Waals surface area (Å²) in [4.78, 5) is 27.2. The highest BCUT2D eigenvalue weighted by atomic mass is 16.6. The van der Waals surface area contributed by atoms with E-state index in [1.165, 1.54) is 17.2 Å². The Hall–Kier alpha value is -2.18. The van der Waals surface area contributed by atoms with Crippen molar-refractivity contribution in [2.75, 3.05) is 19.4 Å². The molecule has 1 amide bonds. The molecule has 0 fully saturated rings. The number of anilines is 1. The molecule has 0 bridgehead atoms. The van der Waals surface area contributed by atoms with E-state index in [1.54, 1.807) is 27.9 Å². The number of nitrogens with zero attached hydrogens (tertiary/aromatic N) is 3. The van der Waals surface area contributed by atoms with Crippen LogP contribution < -0.4 is 5.32 Å². The first-order valence-electron chi connectivity index (χ1n) is 5.41. The number of rotatable bonds is 4. The second-order valence-corrected chi connectivity index (χ2v) is 4.21. The van der Waals surface area contributed by atoms with Crippen LogP contribution in [0.4, 0.5) is 11.5 Å². The first kappa shape index (κ1) is 13.9. The molecule has 1 aromatic rings. The Balaban J connectivity index is 2.86. The first-order chi connectivity index (χ1) is 8.32. The van der Waals surface area contributed by atoms with Crippen LogP contribution in [-0.2, 0) is 4.79 Å². The number of pyridine rings is 1. The quantitative estimate of drug-likeness (QED) is 0.642. The Morgan fingerprint density at radius 3 is 2.61 bits per heavy atom. The summed E-state index contributed by atoms with van der Waals surface area (Å²) in [5.41, 5.74) is 0.562. The molecule has 0 saturated heterocycles. The number of aromatic nitrogens is 1. The Morgan fingerprint density at radius 2 is 2.17 bits per heavy atom. The van der Waals surface area contributed by atoms with Gasteiger partial charge in [0.2, 0.25) is 5.91 Å². The molecule has 7 heteroatoms. The molecular formula is C11H16N4O3. The molecule has 1 unspecified atom stereocenters. The average Bonchev–Trinajstić information content (AvgIpc) is 2.30. The lowest BCUT2D eigenvalue weighted by molar-refractivity contribution is -0.385. The predicted molar refractivity (Wildman–Crippen MR) is 67.4 cm³/mol. The van der Waals surface area contributed by atoms with Crippen molar-refractivity contribution in [3.05, 3.63) is 27.9 Å². The fraction of sp³-hybridized carbons (Fsp3) is 0.455. The Labute approximate surface area is 105 Å². The maximum absolute atomic E-state index is 11.7. The largest absolute Gasteiger partial charge is 0.358 e. The van der Waals surface area contributed by atoms with Gasteiger partial charge in [-0.2, -0.15) is 0 Å². The van der Waals surface area contributed by atoms with E-state index in [0.29, 0.717) is 11.4 Å². The van der Waals surface area contributed by atoms with Crippen LogP contribution in [0.1, 0.15) is 12.5 Å². The fourth-order valence-electron chi connectivity index (χ4n) is 1.47. The lowest BCUT2D eigenvalue weighted by atomic mass is 10.2. The fourth-order valence-corrected chi connectivity index (χ4v) is 1.47. The molecule has 1 atom stereocenters. The Bertz CT molecular complexity index is 473. The summed E-state index contributed by atoms with van der Waals surface area (Å²) in [6.07, 6.45) is 1.17. The van der Waals surface area contributed by atoms with E-state index < -0.39 is 11.0 Å². The minimum absolute atomic E-state index is 0.0651. The Kier molecular flexibility index (Phi) is 4.19. The number of amides is 1. The third-order valence-electron chi connectivity index (χ3n) is 2.44. The van der Waals surface area contributed by atoms with E-state index in [2.05, 4.69) is 10.3 Å². The second kappa shape index (κ2) is 5.44. The summed E-state index contributed by atoms with van der Waals surface area (Å²) < 4.78 is 0. The van der Waals surface area contributed by atoms with Gasteiger partial charge in [0.25, 0.3) is 5.69 Å². The van der Waals surface area contributed by atoms with Gasteiger partial charge in [-0.15, -0.1) is 0 Å². The van der Waals surface area contributed by atoms with E-state index in [4.69, 9.17) is 0 Å². The van der Waals surface area contributed by atoms with Crippen molar-refractivity contribution in [1.82, 2.24) is 9.88 Å². The van der Waals surface area contributed by atoms with Crippen LogP contribution in [-0.4, -0.2) is 40.9 Å². The highest BCUT2D eigenvalue weighted by molar-refractivity contribution is 5.83. The van der Waals surface area contributed by atoms with Gasteiger partial charge in [-0.1, -0.05) is 0 Å². The molecule has 0 aliphatic heterocycles. The SMILES string of the molecule is Cc1cc([N+](=O)[O-])cnc1NC(C)C(=O)N(C)C. The number of aryl methyl sites for hydroxylation is 1. The van der Waals surface area contributed by atoms with Crippen molar-refractivity contribution >= 4 is 17.4 Å². The number of hydrogen-bond acceptors (Lipinski definition) is 5. The molecular weight excluding hydrogens is 236 g/mol. The van der Waals surface area contributed by atoms with Gasteiger partial charge < -0.3 is 10.2 Å². The average molecular weight is 252 g/mol. The molecule has 1 aromatic heterocycles. The molecule has 7 nitrogen and oxygen atoms in total. The third-order valence-corrected chi connectivity index (χ3v) is 2.44. The van der Waals surface area contributed by atoms with Crippen LogP contribution >= 0.6 is 0 Å². The molecule has 0 aliphatic rings. The van der Waals surface area contributed by atoms with Crippen molar-refractivity contribution in [2.24, 2.45) is 0 Å². The summed E-state index contributed by atoms with van der Waals surface area (Å²) >= 11 is 0. The molecule has 18 heavy (non-hydrogen) atoms. The maximum atomic E-state index is 11.7. The minimum atomic E-state index is -0.502. The van der Waals surface area contributed by atoms with Crippen LogP contribution in [0.15, 0.2) is 12.3 Å². The minimum Gasteiger partial charge on any atom is -0.358 e. The molecule has 1 heterocycles. The van der Waals surface area contributed by atoms with Gasteiger partial charge in [-0.25, -0.2) is 4.98 Å². The van der Waals surface area contributed by atoms with Gasteiger partial charge in [0.1, 0.15) is 18.1 Å². The van der Waals surface area contributed by atoms with Crippen LogP contribution in [0.5, 0.6) is 0 Å². The van der Waals surface area contributed by atoms with Crippen LogP contribution in [0, 0.1) is 17.0 Å². The highest BCUT2D eigenvalue weighted by Crippen LogP contribution is 2.18. The van der Waals surface area contributed by atoms with E-state index in [9.17, 15) is 14.9 Å². The van der Waals surface area contributed by atoms with Gasteiger partial charge >= 0.3 is 0 Å². The Morgan fingerprint density at radius 1 is 1.56 bits per heavy atom. The molecule has 0 radical (unpaired) electrons. The highest BCUT2D eigenvalue weighted by Gasteiger charge is 2.17. The number of hydrogen-bond donors (Lipinski definition) is 1. The molecule has 0 spiro atoms. The van der Waals surface area contributed by atoms with Gasteiger partial charge in [0.05, 0.1) is 4.92 Å². The van der Waals surface area contributed by atoms with E-state index in [1.807, 2.05) is 0 Å². The number of nitro groups is 1. The predicted octanol–water partition coefficient (Wildman–Crippen LogP) is 1.19. The zero-order valence-corrected chi connectivity index (χ0v) is 10.8. The zero-order valence-electron chi connectivity index (χ0n) is 10.8. The summed E-state index contributed by atoms with van der Waals surface area (Å²) in [7, 11) is 3.33. The molecule has 1 N–H and O–H groups in total. The summed E-state index contributed by atoms with van der Waals surface area (Å²) in [6, 6.07) is 0.981. The third kappa shape index (κ3) is 3.16. The van der Waals surface area contributed by atoms with Crippen molar-refractivity contribution in [1.29, 1.82) is 0 Å². The monoisotopic (exact) mass is 252 g/mol. The standard InChI is InChI=1S/C11H16N4O3/c1-7-5-9(15(17)18)6-12-10(7)13-8(2)11(16)14(3)4/h5-6,8H,1-4H3,(H,12,13).